The number of aliphatic hydroxyl groups is 1. The Morgan fingerprint density at radius 2 is 2.37 bits per heavy atom. The first-order valence-electron chi connectivity index (χ1n) is 7.24. The van der Waals surface area contributed by atoms with Gasteiger partial charge in [-0.1, -0.05) is 0 Å². The molecule has 0 saturated carbocycles. The zero-order valence-corrected chi connectivity index (χ0v) is 11.9. The molecule has 0 aromatic carbocycles. The molecule has 1 N–H and O–H groups in total. The number of hydrogen-bond acceptors (Lipinski definition) is 4. The highest BCUT2D eigenvalue weighted by Crippen LogP contribution is 2.27. The molecule has 2 unspecified atom stereocenters. The number of aliphatic hydroxyl groups excluding tert-OH is 1. The number of likely N-dealkylation sites (tertiary alicyclic amines) is 1. The Labute approximate surface area is 115 Å². The van der Waals surface area contributed by atoms with E-state index in [0.717, 1.165) is 32.5 Å². The second kappa shape index (κ2) is 7.08. The van der Waals surface area contributed by atoms with Crippen LogP contribution in [0.5, 0.6) is 0 Å². The molecule has 2 rings (SSSR count). The maximum absolute atomic E-state index is 10.1. The molecule has 4 nitrogen and oxygen atoms in total. The molecule has 0 bridgehead atoms. The second-order valence-corrected chi connectivity index (χ2v) is 5.52. The van der Waals surface area contributed by atoms with Crippen molar-refractivity contribution in [2.45, 2.75) is 51.4 Å². The van der Waals surface area contributed by atoms with Gasteiger partial charge in [0.05, 0.1) is 19.0 Å². The third-order valence-electron chi connectivity index (χ3n) is 3.70. The lowest BCUT2D eigenvalue weighted by Gasteiger charge is -2.26. The summed E-state index contributed by atoms with van der Waals surface area (Å²) in [5, 5.41) is 10.1. The van der Waals surface area contributed by atoms with Crippen LogP contribution in [0.3, 0.4) is 0 Å². The van der Waals surface area contributed by atoms with E-state index in [0.29, 0.717) is 11.8 Å². The largest absolute Gasteiger partial charge is 0.467 e. The molecule has 0 amide bonds. The monoisotopic (exact) mass is 267 g/mol. The Balaban J connectivity index is 1.78. The number of nitrogens with zero attached hydrogens (tertiary/aromatic N) is 1. The summed E-state index contributed by atoms with van der Waals surface area (Å²) in [7, 11) is 0. The van der Waals surface area contributed by atoms with Gasteiger partial charge in [0.15, 0.2) is 0 Å². The highest BCUT2D eigenvalue weighted by Gasteiger charge is 2.27. The minimum absolute atomic E-state index is 0.287. The first-order valence-corrected chi connectivity index (χ1v) is 7.24. The summed E-state index contributed by atoms with van der Waals surface area (Å²) in [5.74, 6) is 0.672. The molecule has 0 aliphatic carbocycles. The predicted molar refractivity (Wildman–Crippen MR) is 74.0 cm³/mol. The third kappa shape index (κ3) is 4.34. The molecule has 1 fully saturated rings. The summed E-state index contributed by atoms with van der Waals surface area (Å²) >= 11 is 0. The van der Waals surface area contributed by atoms with Gasteiger partial charge in [0.2, 0.25) is 0 Å². The van der Waals surface area contributed by atoms with Crippen LogP contribution in [-0.4, -0.2) is 41.8 Å². The Morgan fingerprint density at radius 3 is 3.05 bits per heavy atom. The lowest BCUT2D eigenvalue weighted by Crippen LogP contribution is -2.34. The van der Waals surface area contributed by atoms with E-state index in [1.165, 1.54) is 6.42 Å². The third-order valence-corrected chi connectivity index (χ3v) is 3.70. The van der Waals surface area contributed by atoms with E-state index in [9.17, 15) is 5.11 Å². The summed E-state index contributed by atoms with van der Waals surface area (Å²) in [6.07, 6.45) is 4.51. The second-order valence-electron chi connectivity index (χ2n) is 5.52. The van der Waals surface area contributed by atoms with Gasteiger partial charge in [-0.2, -0.15) is 0 Å². The molecular formula is C15H25NO3. The fourth-order valence-electron chi connectivity index (χ4n) is 2.72. The normalized spacial score (nSPS) is 22.2. The molecule has 2 heterocycles. The zero-order chi connectivity index (χ0) is 13.7. The van der Waals surface area contributed by atoms with Crippen molar-refractivity contribution in [1.82, 2.24) is 4.90 Å². The molecule has 1 aromatic rings. The van der Waals surface area contributed by atoms with Gasteiger partial charge in [-0.25, -0.2) is 0 Å². The van der Waals surface area contributed by atoms with E-state index in [-0.39, 0.29) is 6.10 Å². The highest BCUT2D eigenvalue weighted by atomic mass is 16.5. The van der Waals surface area contributed by atoms with Crippen molar-refractivity contribution in [3.63, 3.8) is 0 Å². The summed E-state index contributed by atoms with van der Waals surface area (Å²) in [6.45, 7) is 6.94. The Hall–Kier alpha value is -0.840. The first-order chi connectivity index (χ1) is 9.16. The van der Waals surface area contributed by atoms with Crippen LogP contribution in [0.25, 0.3) is 0 Å². The maximum Gasteiger partial charge on any atom is 0.132 e. The summed E-state index contributed by atoms with van der Waals surface area (Å²) in [5.41, 5.74) is 0. The fourth-order valence-corrected chi connectivity index (χ4v) is 2.72. The summed E-state index contributed by atoms with van der Waals surface area (Å²) in [6, 6.07) is 4.10. The molecule has 0 spiro atoms. The number of rotatable bonds is 7. The molecular weight excluding hydrogens is 242 g/mol. The average Bonchev–Trinajstić information content (AvgIpc) is 3.00. The average molecular weight is 267 g/mol. The number of hydrogen-bond donors (Lipinski definition) is 1. The van der Waals surface area contributed by atoms with E-state index in [1.807, 2.05) is 12.1 Å². The molecule has 1 aromatic heterocycles. The van der Waals surface area contributed by atoms with Crippen molar-refractivity contribution >= 4 is 0 Å². The molecule has 1 saturated heterocycles. The van der Waals surface area contributed by atoms with E-state index < -0.39 is 6.10 Å². The lowest BCUT2D eigenvalue weighted by atomic mass is 10.1. The minimum atomic E-state index is -0.494. The van der Waals surface area contributed by atoms with Crippen LogP contribution in [0, 0.1) is 0 Å². The van der Waals surface area contributed by atoms with Crippen molar-refractivity contribution in [3.8, 4) is 0 Å². The van der Waals surface area contributed by atoms with E-state index in [2.05, 4.69) is 18.7 Å². The number of furan rings is 1. The van der Waals surface area contributed by atoms with Gasteiger partial charge in [0, 0.05) is 12.6 Å². The van der Waals surface area contributed by atoms with E-state index >= 15 is 0 Å². The zero-order valence-electron chi connectivity index (χ0n) is 11.9. The first kappa shape index (κ1) is 14.6. The molecule has 19 heavy (non-hydrogen) atoms. The topological polar surface area (TPSA) is 45.8 Å². The molecule has 1 aliphatic heterocycles. The molecule has 108 valence electrons. The van der Waals surface area contributed by atoms with Gasteiger partial charge in [-0.15, -0.1) is 0 Å². The van der Waals surface area contributed by atoms with Crippen molar-refractivity contribution in [1.29, 1.82) is 0 Å². The van der Waals surface area contributed by atoms with Crippen LogP contribution in [-0.2, 0) is 4.74 Å². The minimum Gasteiger partial charge on any atom is -0.467 e. The van der Waals surface area contributed by atoms with Crippen molar-refractivity contribution in [3.05, 3.63) is 24.2 Å². The maximum atomic E-state index is 10.1. The number of ether oxygens (including phenoxy) is 1. The lowest BCUT2D eigenvalue weighted by molar-refractivity contribution is 0.0463. The summed E-state index contributed by atoms with van der Waals surface area (Å²) in [4.78, 5) is 2.43. The van der Waals surface area contributed by atoms with Crippen LogP contribution in [0.4, 0.5) is 0 Å². The molecule has 0 radical (unpaired) electrons. The van der Waals surface area contributed by atoms with Crippen LogP contribution in [0.15, 0.2) is 22.8 Å². The predicted octanol–water partition coefficient (Wildman–Crippen LogP) is 2.59. The highest BCUT2D eigenvalue weighted by molar-refractivity contribution is 5.02. The summed E-state index contributed by atoms with van der Waals surface area (Å²) < 4.78 is 10.9. The Morgan fingerprint density at radius 1 is 1.53 bits per heavy atom. The van der Waals surface area contributed by atoms with Gasteiger partial charge in [0.25, 0.3) is 0 Å². The molecule has 1 aliphatic rings. The van der Waals surface area contributed by atoms with Gasteiger partial charge >= 0.3 is 0 Å². The standard InChI is InChI=1S/C15H25NO3/c1-12(2)18-10-8-16-7-3-5-13(16)11-14(17)15-6-4-9-19-15/h4,6,9,12-14,17H,3,5,7-8,10-11H2,1-2H3. The Kier molecular flexibility index (Phi) is 5.43. The smallest absolute Gasteiger partial charge is 0.132 e. The SMILES string of the molecule is CC(C)OCCN1CCCC1CC(O)c1ccco1. The van der Waals surface area contributed by atoms with Crippen LogP contribution in [0.1, 0.15) is 45.0 Å². The van der Waals surface area contributed by atoms with Gasteiger partial charge < -0.3 is 14.3 Å². The Bertz CT molecular complexity index is 350. The van der Waals surface area contributed by atoms with Gasteiger partial charge in [-0.3, -0.25) is 4.90 Å². The van der Waals surface area contributed by atoms with Crippen molar-refractivity contribution < 1.29 is 14.3 Å². The van der Waals surface area contributed by atoms with E-state index in [1.54, 1.807) is 6.26 Å². The van der Waals surface area contributed by atoms with Crippen LogP contribution >= 0.6 is 0 Å². The van der Waals surface area contributed by atoms with Crippen molar-refractivity contribution in [2.75, 3.05) is 19.7 Å². The van der Waals surface area contributed by atoms with Crippen molar-refractivity contribution in [2.24, 2.45) is 0 Å². The molecule has 4 heteroatoms. The van der Waals surface area contributed by atoms with Gasteiger partial charge in [0.1, 0.15) is 11.9 Å². The van der Waals surface area contributed by atoms with Crippen LogP contribution < -0.4 is 0 Å². The van der Waals surface area contributed by atoms with Crippen LogP contribution in [0.2, 0.25) is 0 Å². The quantitative estimate of drug-likeness (QED) is 0.825. The van der Waals surface area contributed by atoms with Gasteiger partial charge in [-0.05, 0) is 51.8 Å². The van der Waals surface area contributed by atoms with E-state index in [4.69, 9.17) is 9.15 Å². The fraction of sp³-hybridized carbons (Fsp3) is 0.733. The molecule has 2 atom stereocenters.